The van der Waals surface area contributed by atoms with Gasteiger partial charge in [-0.25, -0.2) is 9.78 Å². The van der Waals surface area contributed by atoms with Crippen LogP contribution in [0.15, 0.2) is 12.3 Å². The van der Waals surface area contributed by atoms with Gasteiger partial charge in [0, 0.05) is 11.9 Å². The maximum Gasteiger partial charge on any atom is 0.348 e. The number of aromatic nitrogens is 1. The van der Waals surface area contributed by atoms with Gasteiger partial charge in [0.25, 0.3) is 0 Å². The fraction of sp³-hybridized carbons (Fsp3) is 0.111. The van der Waals surface area contributed by atoms with Crippen LogP contribution >= 0.6 is 11.3 Å². The summed E-state index contributed by atoms with van der Waals surface area (Å²) in [7, 11) is 0. The summed E-state index contributed by atoms with van der Waals surface area (Å²) < 4.78 is 0. The third-order valence-corrected chi connectivity index (χ3v) is 3.42. The Morgan fingerprint density at radius 1 is 1.53 bits per heavy atom. The molecule has 1 aliphatic rings. The third-order valence-electron chi connectivity index (χ3n) is 2.33. The molecule has 0 bridgehead atoms. The van der Waals surface area contributed by atoms with Crippen molar-refractivity contribution in [1.82, 2.24) is 4.98 Å². The van der Waals surface area contributed by atoms with E-state index in [0.717, 1.165) is 15.9 Å². The zero-order valence-corrected chi connectivity index (χ0v) is 8.39. The van der Waals surface area contributed by atoms with Gasteiger partial charge in [-0.3, -0.25) is 0 Å². The predicted molar refractivity (Wildman–Crippen MR) is 58.7 cm³/mol. The largest absolute Gasteiger partial charge is 0.477 e. The van der Waals surface area contributed by atoms with Crippen LogP contribution in [0.1, 0.15) is 9.67 Å². The van der Waals surface area contributed by atoms with E-state index in [1.807, 2.05) is 6.07 Å². The number of nitrogens with zero attached hydrogens (tertiary/aromatic N) is 1. The monoisotopic (exact) mass is 221 g/mol. The summed E-state index contributed by atoms with van der Waals surface area (Å²) in [6.07, 6.45) is 1.68. The lowest BCUT2D eigenvalue weighted by Gasteiger charge is -2.16. The molecule has 0 unspecified atom stereocenters. The third kappa shape index (κ3) is 1.08. The summed E-state index contributed by atoms with van der Waals surface area (Å²) in [6, 6.07) is 1.85. The molecule has 0 fully saturated rings. The molecule has 5 nitrogen and oxygen atoms in total. The maximum absolute atomic E-state index is 11.0. The van der Waals surface area contributed by atoms with Crippen LogP contribution in [0.3, 0.4) is 0 Å². The van der Waals surface area contributed by atoms with Crippen molar-refractivity contribution in [2.45, 2.75) is 0 Å². The van der Waals surface area contributed by atoms with E-state index in [1.165, 1.54) is 11.3 Å². The van der Waals surface area contributed by atoms with E-state index in [1.54, 1.807) is 6.20 Å². The molecule has 76 valence electrons. The van der Waals surface area contributed by atoms with Crippen LogP contribution in [0.25, 0.3) is 10.2 Å². The lowest BCUT2D eigenvalue weighted by atomic mass is 10.2. The van der Waals surface area contributed by atoms with Gasteiger partial charge in [-0.1, -0.05) is 0 Å². The van der Waals surface area contributed by atoms with Gasteiger partial charge in [0.1, 0.15) is 9.71 Å². The molecular weight excluding hydrogens is 214 g/mol. The normalized spacial score (nSPS) is 13.3. The lowest BCUT2D eigenvalue weighted by molar-refractivity contribution is 0.0703. The molecule has 6 heteroatoms. The van der Waals surface area contributed by atoms with Crippen LogP contribution in [0.4, 0.5) is 11.4 Å². The number of aromatic carboxylic acids is 1. The van der Waals surface area contributed by atoms with Gasteiger partial charge in [0.2, 0.25) is 0 Å². The molecule has 3 heterocycles. The number of carboxylic acids is 1. The Morgan fingerprint density at radius 2 is 2.40 bits per heavy atom. The van der Waals surface area contributed by atoms with Gasteiger partial charge in [-0.05, 0) is 6.07 Å². The molecule has 2 aromatic heterocycles. The number of hydrogen-bond acceptors (Lipinski definition) is 5. The molecule has 0 atom stereocenters. The van der Waals surface area contributed by atoms with Crippen molar-refractivity contribution < 1.29 is 9.90 Å². The first kappa shape index (κ1) is 8.49. The smallest absolute Gasteiger partial charge is 0.348 e. The van der Waals surface area contributed by atoms with Crippen molar-refractivity contribution in [2.24, 2.45) is 0 Å². The quantitative estimate of drug-likeness (QED) is 0.684. The van der Waals surface area contributed by atoms with Crippen LogP contribution in [0.5, 0.6) is 0 Å². The minimum atomic E-state index is -0.909. The Bertz CT molecular complexity index is 564. The molecule has 0 saturated heterocycles. The van der Waals surface area contributed by atoms with Crippen LogP contribution in [-0.4, -0.2) is 22.7 Å². The number of hydrogen-bond donors (Lipinski definition) is 3. The highest BCUT2D eigenvalue weighted by molar-refractivity contribution is 7.21. The number of pyridine rings is 1. The minimum absolute atomic E-state index is 0.325. The van der Waals surface area contributed by atoms with Crippen molar-refractivity contribution in [2.75, 3.05) is 17.3 Å². The molecule has 3 rings (SSSR count). The van der Waals surface area contributed by atoms with Gasteiger partial charge in [-0.15, -0.1) is 11.3 Å². The van der Waals surface area contributed by atoms with Crippen molar-refractivity contribution in [3.63, 3.8) is 0 Å². The molecule has 0 amide bonds. The van der Waals surface area contributed by atoms with Gasteiger partial charge in [-0.2, -0.15) is 0 Å². The molecule has 3 N–H and O–H groups in total. The number of carboxylic acid groups (broad SMARTS) is 1. The Hall–Kier alpha value is -1.82. The standard InChI is InChI=1S/C9H7N3O2S/c13-9(14)7-6-5-4(11-3-12-6)1-2-10-8(5)15-7/h1-2,11-12H,3H2,(H,13,14). The van der Waals surface area contributed by atoms with Gasteiger partial charge in [0.15, 0.2) is 0 Å². The van der Waals surface area contributed by atoms with Crippen molar-refractivity contribution >= 4 is 38.9 Å². The molecule has 0 radical (unpaired) electrons. The molecule has 0 aliphatic carbocycles. The van der Waals surface area contributed by atoms with Gasteiger partial charge >= 0.3 is 5.97 Å². The SMILES string of the molecule is O=C(O)c1sc2nccc3c2c1NCN3. The van der Waals surface area contributed by atoms with E-state index < -0.39 is 5.97 Å². The molecule has 2 aromatic rings. The molecule has 0 saturated carbocycles. The fourth-order valence-electron chi connectivity index (χ4n) is 1.72. The molecule has 1 aliphatic heterocycles. The van der Waals surface area contributed by atoms with Crippen LogP contribution in [-0.2, 0) is 0 Å². The summed E-state index contributed by atoms with van der Waals surface area (Å²) in [5, 5.41) is 16.1. The molecule has 0 aromatic carbocycles. The van der Waals surface area contributed by atoms with E-state index in [-0.39, 0.29) is 0 Å². The fourth-order valence-corrected chi connectivity index (χ4v) is 2.70. The van der Waals surface area contributed by atoms with E-state index in [2.05, 4.69) is 15.6 Å². The summed E-state index contributed by atoms with van der Waals surface area (Å²) in [4.78, 5) is 16.2. The van der Waals surface area contributed by atoms with Crippen molar-refractivity contribution in [3.8, 4) is 0 Å². The number of rotatable bonds is 1. The van der Waals surface area contributed by atoms with Crippen molar-refractivity contribution in [3.05, 3.63) is 17.1 Å². The first-order chi connectivity index (χ1) is 7.27. The van der Waals surface area contributed by atoms with Crippen LogP contribution in [0, 0.1) is 0 Å². The van der Waals surface area contributed by atoms with E-state index in [4.69, 9.17) is 5.11 Å². The lowest BCUT2D eigenvalue weighted by Crippen LogP contribution is -2.17. The zero-order valence-electron chi connectivity index (χ0n) is 7.57. The molecular formula is C9H7N3O2S. The number of nitrogens with one attached hydrogen (secondary N) is 2. The zero-order chi connectivity index (χ0) is 10.4. The second-order valence-corrected chi connectivity index (χ2v) is 4.18. The first-order valence-corrected chi connectivity index (χ1v) is 5.21. The van der Waals surface area contributed by atoms with Crippen LogP contribution in [0.2, 0.25) is 0 Å². The van der Waals surface area contributed by atoms with E-state index >= 15 is 0 Å². The van der Waals surface area contributed by atoms with E-state index in [9.17, 15) is 4.79 Å². The molecule has 0 spiro atoms. The van der Waals surface area contributed by atoms with Crippen LogP contribution < -0.4 is 10.6 Å². The second kappa shape index (κ2) is 2.83. The highest BCUT2D eigenvalue weighted by Crippen LogP contribution is 2.40. The average molecular weight is 221 g/mol. The van der Waals surface area contributed by atoms with Crippen molar-refractivity contribution in [1.29, 1.82) is 0 Å². The highest BCUT2D eigenvalue weighted by atomic mass is 32.1. The Kier molecular flexibility index (Phi) is 1.60. The summed E-state index contributed by atoms with van der Waals surface area (Å²) >= 11 is 1.20. The number of anilines is 2. The average Bonchev–Trinajstić information content (AvgIpc) is 2.61. The maximum atomic E-state index is 11.0. The number of thiophene rings is 1. The predicted octanol–water partition coefficient (Wildman–Crippen LogP) is 1.79. The van der Waals surface area contributed by atoms with Gasteiger partial charge < -0.3 is 15.7 Å². The topological polar surface area (TPSA) is 74.2 Å². The second-order valence-electron chi connectivity index (χ2n) is 3.18. The van der Waals surface area contributed by atoms with E-state index in [0.29, 0.717) is 17.2 Å². The Balaban J connectivity index is 2.43. The summed E-state index contributed by atoms with van der Waals surface area (Å²) in [5.74, 6) is -0.909. The van der Waals surface area contributed by atoms with Gasteiger partial charge in [0.05, 0.1) is 17.7 Å². The Morgan fingerprint density at radius 3 is 3.20 bits per heavy atom. The molecule has 15 heavy (non-hydrogen) atoms. The summed E-state index contributed by atoms with van der Waals surface area (Å²) in [6.45, 7) is 0.545. The highest BCUT2D eigenvalue weighted by Gasteiger charge is 2.22. The number of carbonyl (C=O) groups is 1. The minimum Gasteiger partial charge on any atom is -0.477 e. The summed E-state index contributed by atoms with van der Waals surface area (Å²) in [5.41, 5.74) is 1.63. The first-order valence-electron chi connectivity index (χ1n) is 4.40. The Labute approximate surface area is 88.8 Å².